The first-order valence-electron chi connectivity index (χ1n) is 7.18. The van der Waals surface area contributed by atoms with Gasteiger partial charge in [-0.1, -0.05) is 12.1 Å². The highest BCUT2D eigenvalue weighted by molar-refractivity contribution is 5.90. The number of nitrogens with zero attached hydrogens (tertiary/aromatic N) is 1. The van der Waals surface area contributed by atoms with E-state index in [1.807, 2.05) is 31.2 Å². The summed E-state index contributed by atoms with van der Waals surface area (Å²) >= 11 is 0. The third-order valence-corrected chi connectivity index (χ3v) is 3.92. The highest BCUT2D eigenvalue weighted by atomic mass is 16.1. The number of likely N-dealkylation sites (tertiary alicyclic amines) is 1. The second kappa shape index (κ2) is 6.71. The van der Waals surface area contributed by atoms with E-state index in [2.05, 4.69) is 17.3 Å². The van der Waals surface area contributed by atoms with Gasteiger partial charge in [0.05, 0.1) is 0 Å². The fourth-order valence-corrected chi connectivity index (χ4v) is 2.63. The first kappa shape index (κ1) is 14.1. The third kappa shape index (κ3) is 4.67. The predicted octanol–water partition coefficient (Wildman–Crippen LogP) is 3.06. The van der Waals surface area contributed by atoms with Crippen molar-refractivity contribution >= 4 is 11.6 Å². The number of piperidine rings is 1. The molecule has 0 radical (unpaired) electrons. The zero-order valence-corrected chi connectivity index (χ0v) is 12.0. The molecule has 0 aromatic heterocycles. The average Bonchev–Trinajstić information content (AvgIpc) is 2.38. The molecule has 1 fully saturated rings. The summed E-state index contributed by atoms with van der Waals surface area (Å²) in [6.45, 7) is 4.38. The van der Waals surface area contributed by atoms with Crippen LogP contribution in [0.3, 0.4) is 0 Å². The fraction of sp³-hybridized carbons (Fsp3) is 0.562. The van der Waals surface area contributed by atoms with Gasteiger partial charge >= 0.3 is 0 Å². The van der Waals surface area contributed by atoms with Crippen LogP contribution in [0.15, 0.2) is 24.3 Å². The van der Waals surface area contributed by atoms with Crippen molar-refractivity contribution in [3.63, 3.8) is 0 Å². The Kier molecular flexibility index (Phi) is 4.97. The number of nitrogens with one attached hydrogen (secondary N) is 1. The summed E-state index contributed by atoms with van der Waals surface area (Å²) in [6.07, 6.45) is 4.12. The maximum Gasteiger partial charge on any atom is 0.224 e. The topological polar surface area (TPSA) is 32.3 Å². The van der Waals surface area contributed by atoms with Crippen molar-refractivity contribution in [2.45, 2.75) is 32.6 Å². The Hall–Kier alpha value is -1.35. The Labute approximate surface area is 116 Å². The molecule has 1 aromatic carbocycles. The molecule has 1 N–H and O–H groups in total. The van der Waals surface area contributed by atoms with Gasteiger partial charge in [-0.15, -0.1) is 0 Å². The molecule has 0 saturated carbocycles. The normalized spacial score (nSPS) is 17.4. The van der Waals surface area contributed by atoms with E-state index in [0.717, 1.165) is 18.0 Å². The van der Waals surface area contributed by atoms with Crippen molar-refractivity contribution in [1.29, 1.82) is 0 Å². The second-order valence-corrected chi connectivity index (χ2v) is 5.70. The number of benzene rings is 1. The molecule has 0 bridgehead atoms. The first-order chi connectivity index (χ1) is 9.13. The summed E-state index contributed by atoms with van der Waals surface area (Å²) in [7, 11) is 2.17. The Bertz CT molecular complexity index is 423. The van der Waals surface area contributed by atoms with Crippen LogP contribution in [0.1, 0.15) is 31.2 Å². The summed E-state index contributed by atoms with van der Waals surface area (Å²) in [5.41, 5.74) is 2.08. The lowest BCUT2D eigenvalue weighted by atomic mass is 9.92. The highest BCUT2D eigenvalue weighted by Gasteiger charge is 2.17. The second-order valence-electron chi connectivity index (χ2n) is 5.70. The maximum atomic E-state index is 11.9. The lowest BCUT2D eigenvalue weighted by Crippen LogP contribution is -2.30. The van der Waals surface area contributed by atoms with Gasteiger partial charge in [0.1, 0.15) is 0 Å². The molecule has 0 spiro atoms. The molecule has 1 aliphatic heterocycles. The number of rotatable bonds is 4. The van der Waals surface area contributed by atoms with Crippen LogP contribution in [-0.4, -0.2) is 30.9 Å². The Balaban J connectivity index is 1.73. The number of carbonyl (C=O) groups is 1. The fourth-order valence-electron chi connectivity index (χ4n) is 2.63. The smallest absolute Gasteiger partial charge is 0.224 e. The van der Waals surface area contributed by atoms with Crippen molar-refractivity contribution in [2.75, 3.05) is 25.5 Å². The van der Waals surface area contributed by atoms with Gasteiger partial charge in [0.25, 0.3) is 0 Å². The molecule has 3 nitrogen and oxygen atoms in total. The van der Waals surface area contributed by atoms with Crippen molar-refractivity contribution in [3.8, 4) is 0 Å². The van der Waals surface area contributed by atoms with Crippen molar-refractivity contribution in [2.24, 2.45) is 5.92 Å². The molecule has 1 amide bonds. The molecule has 19 heavy (non-hydrogen) atoms. The van der Waals surface area contributed by atoms with Crippen LogP contribution >= 0.6 is 0 Å². The molecule has 104 valence electrons. The van der Waals surface area contributed by atoms with Crippen molar-refractivity contribution < 1.29 is 4.79 Å². The standard InChI is InChI=1S/C16H24N2O/c1-13-4-3-5-15(12-13)17-16(19)7-6-14-8-10-18(2)11-9-14/h3-5,12,14H,6-11H2,1-2H3,(H,17,19). The molecule has 0 atom stereocenters. The van der Waals surface area contributed by atoms with Crippen molar-refractivity contribution in [3.05, 3.63) is 29.8 Å². The molecule has 2 rings (SSSR count). The van der Waals surface area contributed by atoms with Crippen molar-refractivity contribution in [1.82, 2.24) is 4.90 Å². The van der Waals surface area contributed by atoms with Gasteiger partial charge in [0.15, 0.2) is 0 Å². The quantitative estimate of drug-likeness (QED) is 0.902. The summed E-state index contributed by atoms with van der Waals surface area (Å²) in [4.78, 5) is 14.3. The molecular formula is C16H24N2O. The average molecular weight is 260 g/mol. The summed E-state index contributed by atoms with van der Waals surface area (Å²) < 4.78 is 0. The van der Waals surface area contributed by atoms with E-state index in [9.17, 15) is 4.79 Å². The van der Waals surface area contributed by atoms with E-state index in [1.54, 1.807) is 0 Å². The Morgan fingerprint density at radius 2 is 2.11 bits per heavy atom. The number of carbonyl (C=O) groups excluding carboxylic acids is 1. The number of anilines is 1. The number of hydrogen-bond donors (Lipinski definition) is 1. The SMILES string of the molecule is Cc1cccc(NC(=O)CCC2CCN(C)CC2)c1. The van der Waals surface area contributed by atoms with Gasteiger partial charge in [0.2, 0.25) is 5.91 Å². The lowest BCUT2D eigenvalue weighted by Gasteiger charge is -2.28. The van der Waals surface area contributed by atoms with E-state index < -0.39 is 0 Å². The van der Waals surface area contributed by atoms with E-state index in [4.69, 9.17) is 0 Å². The van der Waals surface area contributed by atoms with Crippen LogP contribution in [0.5, 0.6) is 0 Å². The summed E-state index contributed by atoms with van der Waals surface area (Å²) in [5.74, 6) is 0.865. The Morgan fingerprint density at radius 1 is 1.37 bits per heavy atom. The summed E-state index contributed by atoms with van der Waals surface area (Å²) in [6, 6.07) is 7.96. The minimum Gasteiger partial charge on any atom is -0.326 e. The Morgan fingerprint density at radius 3 is 2.79 bits per heavy atom. The van der Waals surface area contributed by atoms with Gasteiger partial charge in [-0.25, -0.2) is 0 Å². The zero-order chi connectivity index (χ0) is 13.7. The lowest BCUT2D eigenvalue weighted by molar-refractivity contribution is -0.116. The van der Waals surface area contributed by atoms with E-state index >= 15 is 0 Å². The number of hydrogen-bond acceptors (Lipinski definition) is 2. The van der Waals surface area contributed by atoms with Crippen LogP contribution in [-0.2, 0) is 4.79 Å². The number of aryl methyl sites for hydroxylation is 1. The van der Waals surface area contributed by atoms with Crippen LogP contribution < -0.4 is 5.32 Å². The van der Waals surface area contributed by atoms with E-state index in [0.29, 0.717) is 6.42 Å². The zero-order valence-electron chi connectivity index (χ0n) is 12.0. The van der Waals surface area contributed by atoms with Crippen LogP contribution in [0.2, 0.25) is 0 Å². The molecule has 1 saturated heterocycles. The van der Waals surface area contributed by atoms with Gasteiger partial charge in [-0.3, -0.25) is 4.79 Å². The maximum absolute atomic E-state index is 11.9. The predicted molar refractivity (Wildman–Crippen MR) is 79.3 cm³/mol. The van der Waals surface area contributed by atoms with E-state index in [1.165, 1.54) is 31.5 Å². The monoisotopic (exact) mass is 260 g/mol. The summed E-state index contributed by atoms with van der Waals surface area (Å²) in [5, 5.41) is 2.98. The van der Waals surface area contributed by atoms with Gasteiger partial charge in [0, 0.05) is 12.1 Å². The molecule has 1 heterocycles. The largest absolute Gasteiger partial charge is 0.326 e. The van der Waals surface area contributed by atoms with Gasteiger partial charge in [-0.05, 0) is 69.9 Å². The number of amides is 1. The minimum atomic E-state index is 0.143. The first-order valence-corrected chi connectivity index (χ1v) is 7.18. The van der Waals surface area contributed by atoms with Gasteiger partial charge < -0.3 is 10.2 Å². The van der Waals surface area contributed by atoms with Crippen LogP contribution in [0.25, 0.3) is 0 Å². The molecule has 3 heteroatoms. The highest BCUT2D eigenvalue weighted by Crippen LogP contribution is 2.21. The molecular weight excluding hydrogens is 236 g/mol. The van der Waals surface area contributed by atoms with Crippen LogP contribution in [0, 0.1) is 12.8 Å². The molecule has 1 aliphatic rings. The van der Waals surface area contributed by atoms with Gasteiger partial charge in [-0.2, -0.15) is 0 Å². The minimum absolute atomic E-state index is 0.143. The molecule has 0 aliphatic carbocycles. The van der Waals surface area contributed by atoms with E-state index in [-0.39, 0.29) is 5.91 Å². The molecule has 1 aromatic rings. The third-order valence-electron chi connectivity index (χ3n) is 3.92. The molecule has 0 unspecified atom stereocenters. The van der Waals surface area contributed by atoms with Crippen LogP contribution in [0.4, 0.5) is 5.69 Å².